The lowest BCUT2D eigenvalue weighted by Gasteiger charge is -2.32. The van der Waals surface area contributed by atoms with Crippen molar-refractivity contribution in [3.05, 3.63) is 29.6 Å². The molecule has 3 N–H and O–H groups in total. The summed E-state index contributed by atoms with van der Waals surface area (Å²) in [4.78, 5) is 16.0. The number of nitrogens with one attached hydrogen (secondary N) is 1. The van der Waals surface area contributed by atoms with Crippen LogP contribution in [0, 0.1) is 11.7 Å². The molecule has 1 aromatic carbocycles. The third-order valence-electron chi connectivity index (χ3n) is 4.50. The Morgan fingerprint density at radius 2 is 2.26 bits per heavy atom. The van der Waals surface area contributed by atoms with Gasteiger partial charge >= 0.3 is 6.09 Å². The van der Waals surface area contributed by atoms with Gasteiger partial charge in [-0.2, -0.15) is 0 Å². The molecule has 2 rings (SSSR count). The fourth-order valence-electron chi connectivity index (χ4n) is 3.15. The van der Waals surface area contributed by atoms with Crippen LogP contribution in [0.4, 0.5) is 14.9 Å². The number of carbonyl (C=O) groups excluding carboxylic acids is 1. The van der Waals surface area contributed by atoms with Gasteiger partial charge in [0.15, 0.2) is 0 Å². The van der Waals surface area contributed by atoms with Crippen molar-refractivity contribution in [1.29, 1.82) is 0 Å². The molecule has 1 aromatic rings. The monoisotopic (exact) mass is 397 g/mol. The number of alkyl carbamates (subject to hydrolysis) is 1. The number of rotatable bonds is 6. The summed E-state index contributed by atoms with van der Waals surface area (Å²) >= 11 is 1.50. The first-order valence-corrected chi connectivity index (χ1v) is 9.94. The number of nitrogens with two attached hydrogens (primary N) is 1. The number of nitrogen functional groups attached to an aromatic ring is 1. The first kappa shape index (κ1) is 21.5. The second-order valence-electron chi connectivity index (χ2n) is 7.64. The molecule has 8 heteroatoms. The van der Waals surface area contributed by atoms with Crippen molar-refractivity contribution in [3.63, 3.8) is 0 Å². The largest absolute Gasteiger partial charge is 0.444 e. The number of hydrogen-bond acceptors (Lipinski definition) is 6. The number of ether oxygens (including phenoxy) is 2. The Labute approximate surface area is 164 Å². The molecular formula is C19H28FN3O3S. The number of thioether (sulfide) groups is 1. The van der Waals surface area contributed by atoms with Crippen LogP contribution in [0.1, 0.15) is 33.3 Å². The minimum atomic E-state index is -0.905. The standard InChI is InChI=1S/C19H28FN3O3S/c1-12-15(9-27-11-23-17(24)26-18(2,3)4)19(22-5,10-25-12)14-8-13(21)6-7-16(14)20/h6-8,12,15H,5,9-11,21H2,1-4H3,(H,23,24)/t12?,15?,19-/m1/s1. The van der Waals surface area contributed by atoms with Crippen LogP contribution >= 0.6 is 11.8 Å². The van der Waals surface area contributed by atoms with Crippen molar-refractivity contribution in [2.24, 2.45) is 10.9 Å². The molecule has 6 nitrogen and oxygen atoms in total. The average molecular weight is 398 g/mol. The number of anilines is 1. The highest BCUT2D eigenvalue weighted by atomic mass is 32.2. The predicted molar refractivity (Wildman–Crippen MR) is 108 cm³/mol. The number of amides is 1. The summed E-state index contributed by atoms with van der Waals surface area (Å²) in [5.74, 6) is 0.475. The molecule has 1 saturated heterocycles. The van der Waals surface area contributed by atoms with E-state index in [0.717, 1.165) is 0 Å². The van der Waals surface area contributed by atoms with Gasteiger partial charge in [-0.1, -0.05) is 0 Å². The van der Waals surface area contributed by atoms with E-state index in [1.165, 1.54) is 23.9 Å². The quantitative estimate of drug-likeness (QED) is 0.332. The van der Waals surface area contributed by atoms with Crippen molar-refractivity contribution >= 4 is 30.3 Å². The minimum absolute atomic E-state index is 0.114. The van der Waals surface area contributed by atoms with Crippen LogP contribution in [0.2, 0.25) is 0 Å². The normalized spacial score (nSPS) is 25.2. The van der Waals surface area contributed by atoms with Gasteiger partial charge in [-0.05, 0) is 52.6 Å². The fraction of sp³-hybridized carbons (Fsp3) is 0.579. The summed E-state index contributed by atoms with van der Waals surface area (Å²) < 4.78 is 25.5. The minimum Gasteiger partial charge on any atom is -0.444 e. The van der Waals surface area contributed by atoms with Gasteiger partial charge in [-0.3, -0.25) is 4.99 Å². The van der Waals surface area contributed by atoms with Crippen molar-refractivity contribution in [3.8, 4) is 0 Å². The van der Waals surface area contributed by atoms with Gasteiger partial charge in [0.2, 0.25) is 0 Å². The molecule has 1 fully saturated rings. The zero-order chi connectivity index (χ0) is 20.2. The average Bonchev–Trinajstić information content (AvgIpc) is 2.89. The van der Waals surface area contributed by atoms with E-state index in [2.05, 4.69) is 17.0 Å². The van der Waals surface area contributed by atoms with Crippen molar-refractivity contribution in [1.82, 2.24) is 5.32 Å². The van der Waals surface area contributed by atoms with Gasteiger partial charge < -0.3 is 20.5 Å². The molecule has 0 saturated carbocycles. The molecule has 0 aliphatic carbocycles. The smallest absolute Gasteiger partial charge is 0.408 e. The summed E-state index contributed by atoms with van der Waals surface area (Å²) in [6, 6.07) is 4.46. The summed E-state index contributed by atoms with van der Waals surface area (Å²) in [6.45, 7) is 11.3. The highest BCUT2D eigenvalue weighted by Gasteiger charge is 2.50. The fourth-order valence-corrected chi connectivity index (χ4v) is 4.29. The Hall–Kier alpha value is -1.80. The molecule has 1 aliphatic rings. The lowest BCUT2D eigenvalue weighted by Crippen LogP contribution is -2.37. The molecule has 1 heterocycles. The summed E-state index contributed by atoms with van der Waals surface area (Å²) in [6.07, 6.45) is -0.605. The topological polar surface area (TPSA) is 85.9 Å². The van der Waals surface area contributed by atoms with Crippen LogP contribution in [0.5, 0.6) is 0 Å². The maximum absolute atomic E-state index is 14.5. The molecule has 3 atom stereocenters. The predicted octanol–water partition coefficient (Wildman–Crippen LogP) is 3.55. The third kappa shape index (κ3) is 5.13. The zero-order valence-electron chi connectivity index (χ0n) is 16.3. The second kappa shape index (κ2) is 8.48. The van der Waals surface area contributed by atoms with Crippen molar-refractivity contribution in [2.45, 2.75) is 44.9 Å². The number of benzene rings is 1. The van der Waals surface area contributed by atoms with Crippen LogP contribution in [0.25, 0.3) is 0 Å². The molecule has 1 aliphatic heterocycles. The Morgan fingerprint density at radius 1 is 1.56 bits per heavy atom. The first-order valence-electron chi connectivity index (χ1n) is 8.78. The van der Waals surface area contributed by atoms with E-state index in [9.17, 15) is 9.18 Å². The molecule has 150 valence electrons. The molecule has 27 heavy (non-hydrogen) atoms. The number of hydrogen-bond donors (Lipinski definition) is 2. The summed E-state index contributed by atoms with van der Waals surface area (Å²) in [5, 5.41) is 2.70. The van der Waals surface area contributed by atoms with E-state index in [4.69, 9.17) is 15.2 Å². The maximum atomic E-state index is 14.5. The Morgan fingerprint density at radius 3 is 2.89 bits per heavy atom. The Balaban J connectivity index is 2.06. The highest BCUT2D eigenvalue weighted by molar-refractivity contribution is 7.99. The molecule has 0 aromatic heterocycles. The number of aliphatic imine (C=N–C) groups is 1. The lowest BCUT2D eigenvalue weighted by molar-refractivity contribution is 0.0538. The van der Waals surface area contributed by atoms with E-state index in [-0.39, 0.29) is 24.4 Å². The first-order chi connectivity index (χ1) is 12.6. The van der Waals surface area contributed by atoms with E-state index in [0.29, 0.717) is 22.9 Å². The van der Waals surface area contributed by atoms with Gasteiger partial charge in [-0.25, -0.2) is 9.18 Å². The summed E-state index contributed by atoms with van der Waals surface area (Å²) in [5.41, 5.74) is 5.27. The molecule has 0 bridgehead atoms. The summed E-state index contributed by atoms with van der Waals surface area (Å²) in [7, 11) is 0. The SMILES string of the molecule is C=N[C@@]1(c2cc(N)ccc2F)COC(C)C1CSCNC(=O)OC(C)(C)C. The van der Waals surface area contributed by atoms with E-state index >= 15 is 0 Å². The van der Waals surface area contributed by atoms with Crippen molar-refractivity contribution in [2.75, 3.05) is 24.0 Å². The van der Waals surface area contributed by atoms with Gasteiger partial charge in [-0.15, -0.1) is 11.8 Å². The van der Waals surface area contributed by atoms with E-state index in [1.54, 1.807) is 6.07 Å². The van der Waals surface area contributed by atoms with Crippen LogP contribution < -0.4 is 11.1 Å². The van der Waals surface area contributed by atoms with Crippen LogP contribution in [0.15, 0.2) is 23.2 Å². The third-order valence-corrected chi connectivity index (χ3v) is 5.44. The van der Waals surface area contributed by atoms with Crippen molar-refractivity contribution < 1.29 is 18.7 Å². The van der Waals surface area contributed by atoms with Gasteiger partial charge in [0.1, 0.15) is 17.0 Å². The van der Waals surface area contributed by atoms with Gasteiger partial charge in [0, 0.05) is 22.9 Å². The second-order valence-corrected chi connectivity index (χ2v) is 8.67. The zero-order valence-corrected chi connectivity index (χ0v) is 17.1. The molecule has 0 spiro atoms. The number of halogens is 1. The number of nitrogens with zero attached hydrogens (tertiary/aromatic N) is 1. The molecule has 2 unspecified atom stereocenters. The molecule has 1 amide bonds. The van der Waals surface area contributed by atoms with Crippen LogP contribution in [0.3, 0.4) is 0 Å². The number of carbonyl (C=O) groups is 1. The van der Waals surface area contributed by atoms with E-state index < -0.39 is 17.2 Å². The molecular weight excluding hydrogens is 369 g/mol. The lowest BCUT2D eigenvalue weighted by atomic mass is 9.79. The van der Waals surface area contributed by atoms with Gasteiger partial charge in [0.05, 0.1) is 18.6 Å². The molecule has 0 radical (unpaired) electrons. The van der Waals surface area contributed by atoms with Gasteiger partial charge in [0.25, 0.3) is 0 Å². The highest BCUT2D eigenvalue weighted by Crippen LogP contribution is 2.45. The van der Waals surface area contributed by atoms with E-state index in [1.807, 2.05) is 27.7 Å². The van der Waals surface area contributed by atoms with Crippen LogP contribution in [-0.2, 0) is 15.0 Å². The maximum Gasteiger partial charge on any atom is 0.408 e. The Bertz CT molecular complexity index is 695. The van der Waals surface area contributed by atoms with Crippen LogP contribution in [-0.4, -0.2) is 42.8 Å². The Kier molecular flexibility index (Phi) is 6.75.